The van der Waals surface area contributed by atoms with Gasteiger partial charge in [0.05, 0.1) is 5.56 Å². The first-order valence-corrected chi connectivity index (χ1v) is 11.2. The minimum absolute atomic E-state index is 0.699. The Bertz CT molecular complexity index is 1360. The molecular weight excluding hydrogens is 366 g/mol. The SMILES string of the molecule is Cc1cc2c3c(c(C)c(C)cc3c1)-c1c(c3cc(C4CCCC4)ccc3c[n+]1C)O2. The minimum Gasteiger partial charge on any atom is -0.449 e. The smallest absolute Gasteiger partial charge is 0.257 e. The summed E-state index contributed by atoms with van der Waals surface area (Å²) in [5.41, 5.74) is 7.93. The number of pyridine rings is 1. The average Bonchev–Trinajstić information content (AvgIpc) is 3.25. The van der Waals surface area contributed by atoms with Crippen LogP contribution in [0.2, 0.25) is 0 Å². The van der Waals surface area contributed by atoms with Crippen LogP contribution in [0.25, 0.3) is 32.8 Å². The normalized spacial score (nSPS) is 15.6. The molecule has 0 radical (unpaired) electrons. The number of ether oxygens (including phenoxy) is 1. The molecule has 4 aromatic rings. The zero-order chi connectivity index (χ0) is 20.6. The lowest BCUT2D eigenvalue weighted by Gasteiger charge is -2.23. The minimum atomic E-state index is 0.699. The van der Waals surface area contributed by atoms with Crippen molar-refractivity contribution in [2.24, 2.45) is 7.05 Å². The molecule has 2 aliphatic rings. The summed E-state index contributed by atoms with van der Waals surface area (Å²) in [6.45, 7) is 6.63. The van der Waals surface area contributed by atoms with E-state index in [4.69, 9.17) is 4.74 Å². The van der Waals surface area contributed by atoms with E-state index in [1.54, 1.807) is 0 Å². The van der Waals surface area contributed by atoms with Crippen molar-refractivity contribution in [1.29, 1.82) is 0 Å². The van der Waals surface area contributed by atoms with Crippen molar-refractivity contribution in [2.45, 2.75) is 52.4 Å². The Hall–Kier alpha value is -2.87. The van der Waals surface area contributed by atoms with Gasteiger partial charge in [0.1, 0.15) is 12.8 Å². The molecule has 1 aliphatic heterocycles. The Morgan fingerprint density at radius 2 is 1.73 bits per heavy atom. The largest absolute Gasteiger partial charge is 0.449 e. The van der Waals surface area contributed by atoms with Gasteiger partial charge in [-0.15, -0.1) is 0 Å². The highest BCUT2D eigenvalue weighted by Gasteiger charge is 2.32. The van der Waals surface area contributed by atoms with Crippen LogP contribution in [0.5, 0.6) is 11.5 Å². The lowest BCUT2D eigenvalue weighted by molar-refractivity contribution is -0.659. The lowest BCUT2D eigenvalue weighted by Crippen LogP contribution is -2.32. The lowest BCUT2D eigenvalue weighted by atomic mass is 9.88. The Morgan fingerprint density at radius 1 is 0.933 bits per heavy atom. The van der Waals surface area contributed by atoms with Gasteiger partial charge in [-0.05, 0) is 85.4 Å². The maximum atomic E-state index is 6.72. The number of aromatic nitrogens is 1. The third-order valence-electron chi connectivity index (χ3n) is 7.36. The second-order valence-electron chi connectivity index (χ2n) is 9.40. The topological polar surface area (TPSA) is 13.1 Å². The van der Waals surface area contributed by atoms with Gasteiger partial charge in [0.15, 0.2) is 6.20 Å². The van der Waals surface area contributed by atoms with E-state index in [2.05, 4.69) is 75.0 Å². The first-order valence-electron chi connectivity index (χ1n) is 11.2. The van der Waals surface area contributed by atoms with Crippen LogP contribution in [0.15, 0.2) is 42.6 Å². The molecule has 6 rings (SSSR count). The molecule has 1 saturated carbocycles. The number of hydrogen-bond acceptors (Lipinski definition) is 1. The molecule has 1 fully saturated rings. The van der Waals surface area contributed by atoms with E-state index in [9.17, 15) is 0 Å². The molecule has 1 aromatic heterocycles. The van der Waals surface area contributed by atoms with Crippen molar-refractivity contribution in [3.63, 3.8) is 0 Å². The van der Waals surface area contributed by atoms with Gasteiger partial charge in [0, 0.05) is 16.2 Å². The standard InChI is InChI=1S/C28H28NO/c1-16-11-22-13-17(2)18(3)25-26(22)24(12-16)30-28-23-14-20(19-7-5-6-8-19)9-10-21(23)15-29(4)27(25)28/h9-15,19H,5-8H2,1-4H3/q+1. The van der Waals surface area contributed by atoms with Gasteiger partial charge in [0.25, 0.3) is 5.69 Å². The van der Waals surface area contributed by atoms with Crippen molar-refractivity contribution >= 4 is 21.5 Å². The monoisotopic (exact) mass is 394 g/mol. The first-order chi connectivity index (χ1) is 14.5. The van der Waals surface area contributed by atoms with Gasteiger partial charge < -0.3 is 4.74 Å². The molecular formula is C28H28NO+. The van der Waals surface area contributed by atoms with Crippen LogP contribution in [0, 0.1) is 20.8 Å². The Labute approximate surface area is 178 Å². The van der Waals surface area contributed by atoms with Crippen LogP contribution in [0.1, 0.15) is 53.9 Å². The zero-order valence-electron chi connectivity index (χ0n) is 18.3. The molecule has 0 atom stereocenters. The summed E-state index contributed by atoms with van der Waals surface area (Å²) in [7, 11) is 2.15. The van der Waals surface area contributed by atoms with Crippen molar-refractivity contribution < 1.29 is 9.30 Å². The predicted octanol–water partition coefficient (Wildman–Crippen LogP) is 7.17. The van der Waals surface area contributed by atoms with Crippen molar-refractivity contribution in [3.8, 4) is 22.8 Å². The van der Waals surface area contributed by atoms with Gasteiger partial charge >= 0.3 is 0 Å². The quantitative estimate of drug-likeness (QED) is 0.275. The van der Waals surface area contributed by atoms with Crippen LogP contribution in [-0.2, 0) is 7.05 Å². The van der Waals surface area contributed by atoms with Crippen LogP contribution in [-0.4, -0.2) is 0 Å². The van der Waals surface area contributed by atoms with Gasteiger partial charge in [0.2, 0.25) is 5.75 Å². The average molecular weight is 395 g/mol. The van der Waals surface area contributed by atoms with E-state index >= 15 is 0 Å². The number of fused-ring (bicyclic) bond motifs is 4. The van der Waals surface area contributed by atoms with Gasteiger partial charge in [-0.3, -0.25) is 0 Å². The number of hydrogen-bond donors (Lipinski definition) is 0. The maximum absolute atomic E-state index is 6.72. The van der Waals surface area contributed by atoms with Gasteiger partial charge in [-0.2, -0.15) is 4.57 Å². The fourth-order valence-electron chi connectivity index (χ4n) is 5.72. The summed E-state index contributed by atoms with van der Waals surface area (Å²) >= 11 is 0. The Balaban J connectivity index is 1.72. The molecule has 2 nitrogen and oxygen atoms in total. The fourth-order valence-corrected chi connectivity index (χ4v) is 5.72. The van der Waals surface area contributed by atoms with E-state index in [1.165, 1.54) is 80.7 Å². The van der Waals surface area contributed by atoms with E-state index < -0.39 is 0 Å². The van der Waals surface area contributed by atoms with Crippen LogP contribution >= 0.6 is 0 Å². The molecule has 2 heterocycles. The molecule has 2 heteroatoms. The molecule has 0 amide bonds. The van der Waals surface area contributed by atoms with Crippen LogP contribution in [0.3, 0.4) is 0 Å². The number of nitrogens with zero attached hydrogens (tertiary/aromatic N) is 1. The third-order valence-corrected chi connectivity index (χ3v) is 7.36. The first kappa shape index (κ1) is 17.9. The van der Waals surface area contributed by atoms with Crippen LogP contribution < -0.4 is 9.30 Å². The molecule has 0 saturated heterocycles. The fraction of sp³-hybridized carbons (Fsp3) is 0.321. The van der Waals surface area contributed by atoms with E-state index in [1.807, 2.05) is 0 Å². The molecule has 30 heavy (non-hydrogen) atoms. The van der Waals surface area contributed by atoms with Crippen molar-refractivity contribution in [1.82, 2.24) is 0 Å². The molecule has 0 bridgehead atoms. The molecule has 0 N–H and O–H groups in total. The van der Waals surface area contributed by atoms with Gasteiger partial charge in [-0.25, -0.2) is 0 Å². The van der Waals surface area contributed by atoms with Crippen LogP contribution in [0.4, 0.5) is 0 Å². The summed E-state index contributed by atoms with van der Waals surface area (Å²) in [6.07, 6.45) is 7.61. The molecule has 3 aromatic carbocycles. The zero-order valence-corrected chi connectivity index (χ0v) is 18.3. The highest BCUT2D eigenvalue weighted by atomic mass is 16.5. The summed E-state index contributed by atoms with van der Waals surface area (Å²) in [6, 6.07) is 13.8. The number of benzene rings is 3. The van der Waals surface area contributed by atoms with E-state index in [0.29, 0.717) is 5.92 Å². The molecule has 150 valence electrons. The Kier molecular flexibility index (Phi) is 3.78. The highest BCUT2D eigenvalue weighted by Crippen LogP contribution is 2.50. The summed E-state index contributed by atoms with van der Waals surface area (Å²) in [5.74, 6) is 2.71. The number of aryl methyl sites for hydroxylation is 3. The van der Waals surface area contributed by atoms with E-state index in [-0.39, 0.29) is 0 Å². The highest BCUT2D eigenvalue weighted by molar-refractivity contribution is 6.07. The molecule has 1 aliphatic carbocycles. The molecule has 0 unspecified atom stereocenters. The third kappa shape index (κ3) is 2.46. The van der Waals surface area contributed by atoms with E-state index in [0.717, 1.165) is 11.5 Å². The molecule has 0 spiro atoms. The summed E-state index contributed by atoms with van der Waals surface area (Å²) in [4.78, 5) is 0. The van der Waals surface area contributed by atoms with Crippen molar-refractivity contribution in [3.05, 3.63) is 64.8 Å². The maximum Gasteiger partial charge on any atom is 0.257 e. The number of rotatable bonds is 1. The van der Waals surface area contributed by atoms with Crippen molar-refractivity contribution in [2.75, 3.05) is 0 Å². The second kappa shape index (κ2) is 6.31. The summed E-state index contributed by atoms with van der Waals surface area (Å²) in [5, 5.41) is 5.01. The van der Waals surface area contributed by atoms with Gasteiger partial charge in [-0.1, -0.05) is 31.0 Å². The predicted molar refractivity (Wildman–Crippen MR) is 124 cm³/mol. The second-order valence-corrected chi connectivity index (χ2v) is 9.40. The Morgan fingerprint density at radius 3 is 2.53 bits per heavy atom. The summed E-state index contributed by atoms with van der Waals surface area (Å²) < 4.78 is 8.98.